The van der Waals surface area contributed by atoms with Crippen LogP contribution in [0.4, 0.5) is 0 Å². The maximum absolute atomic E-state index is 9.96. The summed E-state index contributed by atoms with van der Waals surface area (Å²) >= 11 is 0. The SMILES string of the molecule is COc1ccc(O)c(CN(CCO)Cc2cccnc2)c1. The number of nitrogens with zero attached hydrogens (tertiary/aromatic N) is 2. The number of hydrogen-bond donors (Lipinski definition) is 2. The van der Waals surface area contributed by atoms with Crippen LogP contribution in [0.1, 0.15) is 11.1 Å². The number of aromatic nitrogens is 1. The highest BCUT2D eigenvalue weighted by Gasteiger charge is 2.11. The highest BCUT2D eigenvalue weighted by atomic mass is 16.5. The van der Waals surface area contributed by atoms with Gasteiger partial charge in [0.15, 0.2) is 0 Å². The molecule has 0 amide bonds. The molecule has 2 rings (SSSR count). The summed E-state index contributed by atoms with van der Waals surface area (Å²) in [5, 5.41) is 19.2. The Morgan fingerprint density at radius 2 is 2.10 bits per heavy atom. The molecule has 1 heterocycles. The molecule has 0 atom stereocenters. The van der Waals surface area contributed by atoms with Gasteiger partial charge in [0.05, 0.1) is 13.7 Å². The summed E-state index contributed by atoms with van der Waals surface area (Å²) in [6.45, 7) is 1.76. The first-order valence-corrected chi connectivity index (χ1v) is 6.81. The Morgan fingerprint density at radius 1 is 1.24 bits per heavy atom. The van der Waals surface area contributed by atoms with E-state index in [1.54, 1.807) is 31.6 Å². The van der Waals surface area contributed by atoms with Crippen LogP contribution in [-0.2, 0) is 13.1 Å². The van der Waals surface area contributed by atoms with Crippen molar-refractivity contribution in [1.82, 2.24) is 9.88 Å². The number of aliphatic hydroxyl groups is 1. The molecule has 0 saturated carbocycles. The first-order chi connectivity index (χ1) is 10.2. The van der Waals surface area contributed by atoms with E-state index < -0.39 is 0 Å². The standard InChI is InChI=1S/C16H20N2O3/c1-21-15-4-5-16(20)14(9-15)12-18(7-8-19)11-13-3-2-6-17-10-13/h2-6,9-10,19-20H,7-8,11-12H2,1H3. The van der Waals surface area contributed by atoms with Crippen molar-refractivity contribution in [3.63, 3.8) is 0 Å². The molecule has 0 aliphatic heterocycles. The normalized spacial score (nSPS) is 10.8. The summed E-state index contributed by atoms with van der Waals surface area (Å²) in [5.41, 5.74) is 1.83. The molecular weight excluding hydrogens is 268 g/mol. The summed E-state index contributed by atoms with van der Waals surface area (Å²) in [6, 6.07) is 9.02. The summed E-state index contributed by atoms with van der Waals surface area (Å²) < 4.78 is 5.18. The van der Waals surface area contributed by atoms with Crippen LogP contribution in [-0.4, -0.2) is 40.4 Å². The Hall–Kier alpha value is -2.11. The Morgan fingerprint density at radius 3 is 2.76 bits per heavy atom. The molecule has 0 aliphatic carbocycles. The predicted octanol–water partition coefficient (Wildman–Crippen LogP) is 1.79. The van der Waals surface area contributed by atoms with Gasteiger partial charge >= 0.3 is 0 Å². The van der Waals surface area contributed by atoms with Gasteiger partial charge in [-0.25, -0.2) is 0 Å². The summed E-state index contributed by atoms with van der Waals surface area (Å²) in [6.07, 6.45) is 3.53. The number of benzene rings is 1. The van der Waals surface area contributed by atoms with Crippen molar-refractivity contribution < 1.29 is 14.9 Å². The van der Waals surface area contributed by atoms with Crippen LogP contribution >= 0.6 is 0 Å². The average molecular weight is 288 g/mol. The third-order valence-electron chi connectivity index (χ3n) is 3.23. The zero-order chi connectivity index (χ0) is 15.1. The van der Waals surface area contributed by atoms with E-state index in [9.17, 15) is 10.2 Å². The minimum atomic E-state index is 0.0605. The fourth-order valence-electron chi connectivity index (χ4n) is 2.16. The fourth-order valence-corrected chi connectivity index (χ4v) is 2.16. The van der Waals surface area contributed by atoms with Crippen molar-refractivity contribution in [1.29, 1.82) is 0 Å². The number of ether oxygens (including phenoxy) is 1. The van der Waals surface area contributed by atoms with Gasteiger partial charge in [-0.15, -0.1) is 0 Å². The number of rotatable bonds is 7. The van der Waals surface area contributed by atoms with Crippen LogP contribution < -0.4 is 4.74 Å². The molecule has 5 nitrogen and oxygen atoms in total. The highest BCUT2D eigenvalue weighted by Crippen LogP contribution is 2.24. The molecule has 0 unspecified atom stereocenters. The topological polar surface area (TPSA) is 65.8 Å². The summed E-state index contributed by atoms with van der Waals surface area (Å²) in [4.78, 5) is 6.14. The minimum Gasteiger partial charge on any atom is -0.508 e. The van der Waals surface area contributed by atoms with Gasteiger partial charge in [-0.2, -0.15) is 0 Å². The molecule has 5 heteroatoms. The van der Waals surface area contributed by atoms with Gasteiger partial charge in [0.2, 0.25) is 0 Å². The van der Waals surface area contributed by atoms with Crippen molar-refractivity contribution >= 4 is 0 Å². The summed E-state index contributed by atoms with van der Waals surface area (Å²) in [7, 11) is 1.59. The van der Waals surface area contributed by atoms with Gasteiger partial charge in [-0.3, -0.25) is 9.88 Å². The molecule has 0 radical (unpaired) electrons. The van der Waals surface area contributed by atoms with Crippen molar-refractivity contribution in [3.05, 3.63) is 53.9 Å². The molecule has 0 aliphatic rings. The fraction of sp³-hybridized carbons (Fsp3) is 0.312. The van der Waals surface area contributed by atoms with Crippen molar-refractivity contribution in [2.75, 3.05) is 20.3 Å². The lowest BCUT2D eigenvalue weighted by Crippen LogP contribution is -2.26. The van der Waals surface area contributed by atoms with E-state index in [4.69, 9.17) is 4.74 Å². The largest absolute Gasteiger partial charge is 0.508 e. The van der Waals surface area contributed by atoms with Gasteiger partial charge in [0.1, 0.15) is 11.5 Å². The minimum absolute atomic E-state index is 0.0605. The molecule has 1 aromatic heterocycles. The monoisotopic (exact) mass is 288 g/mol. The van der Waals surface area contributed by atoms with E-state index in [2.05, 4.69) is 4.98 Å². The molecule has 0 fully saturated rings. The van der Waals surface area contributed by atoms with Gasteiger partial charge in [-0.05, 0) is 29.8 Å². The average Bonchev–Trinajstić information content (AvgIpc) is 2.51. The van der Waals surface area contributed by atoms with Crippen molar-refractivity contribution in [3.8, 4) is 11.5 Å². The van der Waals surface area contributed by atoms with E-state index in [1.165, 1.54) is 0 Å². The van der Waals surface area contributed by atoms with Crippen molar-refractivity contribution in [2.24, 2.45) is 0 Å². The molecular formula is C16H20N2O3. The van der Waals surface area contributed by atoms with Crippen molar-refractivity contribution in [2.45, 2.75) is 13.1 Å². The van der Waals surface area contributed by atoms with Crippen LogP contribution in [0.25, 0.3) is 0 Å². The highest BCUT2D eigenvalue weighted by molar-refractivity contribution is 5.39. The lowest BCUT2D eigenvalue weighted by Gasteiger charge is -2.22. The molecule has 1 aromatic carbocycles. The third-order valence-corrected chi connectivity index (χ3v) is 3.23. The first-order valence-electron chi connectivity index (χ1n) is 6.81. The second-order valence-corrected chi connectivity index (χ2v) is 4.79. The van der Waals surface area contributed by atoms with Crippen LogP contribution in [0.5, 0.6) is 11.5 Å². The van der Waals surface area contributed by atoms with Gasteiger partial charge in [0.25, 0.3) is 0 Å². The lowest BCUT2D eigenvalue weighted by molar-refractivity contribution is 0.183. The Balaban J connectivity index is 2.12. The first kappa shape index (κ1) is 15.3. The number of hydrogen-bond acceptors (Lipinski definition) is 5. The van der Waals surface area contributed by atoms with Gasteiger partial charge in [0, 0.05) is 37.6 Å². The zero-order valence-corrected chi connectivity index (χ0v) is 12.1. The summed E-state index contributed by atoms with van der Waals surface area (Å²) in [5.74, 6) is 0.929. The Bertz CT molecular complexity index is 561. The second-order valence-electron chi connectivity index (χ2n) is 4.79. The second kappa shape index (κ2) is 7.61. The predicted molar refractivity (Wildman–Crippen MR) is 80.1 cm³/mol. The smallest absolute Gasteiger partial charge is 0.120 e. The maximum Gasteiger partial charge on any atom is 0.120 e. The quantitative estimate of drug-likeness (QED) is 0.813. The van der Waals surface area contributed by atoms with Crippen LogP contribution in [0.2, 0.25) is 0 Å². The molecule has 112 valence electrons. The maximum atomic E-state index is 9.96. The van der Waals surface area contributed by atoms with E-state index >= 15 is 0 Å². The van der Waals surface area contributed by atoms with Crippen LogP contribution in [0, 0.1) is 0 Å². The number of aliphatic hydroxyl groups excluding tert-OH is 1. The third kappa shape index (κ3) is 4.44. The van der Waals surface area contributed by atoms with E-state index in [-0.39, 0.29) is 12.4 Å². The zero-order valence-electron chi connectivity index (χ0n) is 12.1. The number of pyridine rings is 1. The molecule has 0 bridgehead atoms. The number of methoxy groups -OCH3 is 1. The van der Waals surface area contributed by atoms with Gasteiger partial charge in [-0.1, -0.05) is 6.07 Å². The number of aromatic hydroxyl groups is 1. The molecule has 21 heavy (non-hydrogen) atoms. The number of phenolic OH excluding ortho intramolecular Hbond substituents is 1. The van der Waals surface area contributed by atoms with Crippen LogP contribution in [0.3, 0.4) is 0 Å². The van der Waals surface area contributed by atoms with E-state index in [1.807, 2.05) is 23.1 Å². The lowest BCUT2D eigenvalue weighted by atomic mass is 10.1. The molecule has 2 aromatic rings. The molecule has 2 N–H and O–H groups in total. The molecule has 0 spiro atoms. The Labute approximate surface area is 124 Å². The van der Waals surface area contributed by atoms with E-state index in [0.717, 1.165) is 11.1 Å². The van der Waals surface area contributed by atoms with Crippen LogP contribution in [0.15, 0.2) is 42.7 Å². The Kier molecular flexibility index (Phi) is 5.54. The van der Waals surface area contributed by atoms with Gasteiger partial charge < -0.3 is 14.9 Å². The molecule has 0 saturated heterocycles. The number of phenols is 1. The van der Waals surface area contributed by atoms with E-state index in [0.29, 0.717) is 25.4 Å².